The summed E-state index contributed by atoms with van der Waals surface area (Å²) in [6, 6.07) is 13.7. The minimum absolute atomic E-state index is 0.0196. The van der Waals surface area contributed by atoms with Crippen LogP contribution < -0.4 is 4.74 Å². The molecule has 1 amide bonds. The Balaban J connectivity index is 2.08. The molecule has 0 radical (unpaired) electrons. The molecule has 2 aromatic rings. The summed E-state index contributed by atoms with van der Waals surface area (Å²) in [4.78, 5) is 24.7. The summed E-state index contributed by atoms with van der Waals surface area (Å²) in [6.45, 7) is 3.98. The molecule has 2 rings (SSSR count). The first kappa shape index (κ1) is 18.7. The maximum absolute atomic E-state index is 12.5. The van der Waals surface area contributed by atoms with E-state index in [2.05, 4.69) is 0 Å². The Bertz CT molecular complexity index is 750. The van der Waals surface area contributed by atoms with Crippen molar-refractivity contribution < 1.29 is 14.5 Å². The van der Waals surface area contributed by atoms with Crippen LogP contribution >= 0.6 is 11.6 Å². The van der Waals surface area contributed by atoms with Gasteiger partial charge in [-0.3, -0.25) is 14.9 Å². The first-order valence-corrected chi connectivity index (χ1v) is 8.16. The van der Waals surface area contributed by atoms with E-state index in [0.29, 0.717) is 6.54 Å². The van der Waals surface area contributed by atoms with Crippen molar-refractivity contribution in [3.8, 4) is 5.75 Å². The fraction of sp³-hybridized carbons (Fsp3) is 0.278. The molecule has 0 aliphatic rings. The zero-order chi connectivity index (χ0) is 18.4. The third kappa shape index (κ3) is 5.19. The third-order valence-electron chi connectivity index (χ3n) is 3.61. The van der Waals surface area contributed by atoms with Crippen LogP contribution in [0.2, 0.25) is 5.02 Å². The van der Waals surface area contributed by atoms with Crippen LogP contribution in [-0.2, 0) is 11.3 Å². The van der Waals surface area contributed by atoms with Gasteiger partial charge in [-0.2, -0.15) is 0 Å². The first-order chi connectivity index (χ1) is 11.9. The van der Waals surface area contributed by atoms with Gasteiger partial charge in [0.1, 0.15) is 0 Å². The third-order valence-corrected chi connectivity index (χ3v) is 3.84. The van der Waals surface area contributed by atoms with Gasteiger partial charge >= 0.3 is 5.69 Å². The van der Waals surface area contributed by atoms with Crippen LogP contribution in [0.4, 0.5) is 5.69 Å². The molecule has 0 bridgehead atoms. The summed E-state index contributed by atoms with van der Waals surface area (Å²) in [5, 5.41) is 11.3. The molecule has 25 heavy (non-hydrogen) atoms. The van der Waals surface area contributed by atoms with Crippen molar-refractivity contribution in [3.63, 3.8) is 0 Å². The van der Waals surface area contributed by atoms with Gasteiger partial charge in [0.15, 0.2) is 12.4 Å². The number of hydrogen-bond donors (Lipinski definition) is 0. The smallest absolute Gasteiger partial charge is 0.312 e. The number of benzene rings is 2. The topological polar surface area (TPSA) is 72.7 Å². The average Bonchev–Trinajstić information content (AvgIpc) is 2.58. The lowest BCUT2D eigenvalue weighted by molar-refractivity contribution is -0.385. The van der Waals surface area contributed by atoms with Crippen molar-refractivity contribution in [1.82, 2.24) is 4.90 Å². The Hall–Kier alpha value is -2.60. The van der Waals surface area contributed by atoms with Crippen LogP contribution in [0.5, 0.6) is 5.75 Å². The predicted molar refractivity (Wildman–Crippen MR) is 95.7 cm³/mol. The molecule has 7 heteroatoms. The van der Waals surface area contributed by atoms with Gasteiger partial charge in [0.25, 0.3) is 5.91 Å². The number of carbonyl (C=O) groups excluding carboxylic acids is 1. The predicted octanol–water partition coefficient (Wildman–Crippen LogP) is 4.06. The lowest BCUT2D eigenvalue weighted by atomic mass is 10.2. The van der Waals surface area contributed by atoms with Crippen molar-refractivity contribution in [1.29, 1.82) is 0 Å². The molecule has 0 aliphatic carbocycles. The molecule has 0 N–H and O–H groups in total. The quantitative estimate of drug-likeness (QED) is 0.550. The monoisotopic (exact) mass is 362 g/mol. The molecule has 0 heterocycles. The second-order valence-electron chi connectivity index (χ2n) is 5.76. The summed E-state index contributed by atoms with van der Waals surface area (Å²) < 4.78 is 5.39. The van der Waals surface area contributed by atoms with Crippen molar-refractivity contribution >= 4 is 23.2 Å². The zero-order valence-corrected chi connectivity index (χ0v) is 14.8. The standard InChI is InChI=1S/C18H19ClN2O4/c1-13(2)20(11-14-6-4-3-5-7-14)18(22)12-25-17-9-8-15(19)10-16(17)21(23)24/h3-10,13H,11-12H2,1-2H3. The average molecular weight is 363 g/mol. The normalized spacial score (nSPS) is 10.6. The molecular formula is C18H19ClN2O4. The zero-order valence-electron chi connectivity index (χ0n) is 14.0. The minimum atomic E-state index is -0.587. The molecule has 0 aliphatic heterocycles. The Morgan fingerprint density at radius 2 is 1.92 bits per heavy atom. The SMILES string of the molecule is CC(C)N(Cc1ccccc1)C(=O)COc1ccc(Cl)cc1[N+](=O)[O-]. The number of ether oxygens (including phenoxy) is 1. The molecule has 6 nitrogen and oxygen atoms in total. The van der Waals surface area contributed by atoms with E-state index in [1.807, 2.05) is 44.2 Å². The summed E-state index contributed by atoms with van der Waals surface area (Å²) in [7, 11) is 0. The van der Waals surface area contributed by atoms with Gasteiger partial charge in [-0.1, -0.05) is 41.9 Å². The Morgan fingerprint density at radius 3 is 2.52 bits per heavy atom. The lowest BCUT2D eigenvalue weighted by Gasteiger charge is -2.27. The van der Waals surface area contributed by atoms with E-state index >= 15 is 0 Å². The molecule has 2 aromatic carbocycles. The molecule has 0 unspecified atom stereocenters. The van der Waals surface area contributed by atoms with Gasteiger partial charge in [-0.05, 0) is 31.5 Å². The summed E-state index contributed by atoms with van der Waals surface area (Å²) in [6.07, 6.45) is 0. The number of nitro benzene ring substituents is 1. The largest absolute Gasteiger partial charge is 0.477 e. The van der Waals surface area contributed by atoms with Crippen molar-refractivity contribution in [2.45, 2.75) is 26.4 Å². The molecule has 0 spiro atoms. The highest BCUT2D eigenvalue weighted by Gasteiger charge is 2.21. The minimum Gasteiger partial charge on any atom is -0.477 e. The summed E-state index contributed by atoms with van der Waals surface area (Å²) in [5.74, 6) is -0.228. The van der Waals surface area contributed by atoms with Crippen molar-refractivity contribution in [2.75, 3.05) is 6.61 Å². The van der Waals surface area contributed by atoms with E-state index in [1.165, 1.54) is 18.2 Å². The maximum Gasteiger partial charge on any atom is 0.312 e. The number of amides is 1. The highest BCUT2D eigenvalue weighted by atomic mass is 35.5. The highest BCUT2D eigenvalue weighted by Crippen LogP contribution is 2.29. The van der Waals surface area contributed by atoms with Gasteiger partial charge in [-0.25, -0.2) is 0 Å². The molecule has 132 valence electrons. The molecular weight excluding hydrogens is 344 g/mol. The van der Waals surface area contributed by atoms with Gasteiger partial charge in [-0.15, -0.1) is 0 Å². The fourth-order valence-electron chi connectivity index (χ4n) is 2.32. The lowest BCUT2D eigenvalue weighted by Crippen LogP contribution is -2.39. The highest BCUT2D eigenvalue weighted by molar-refractivity contribution is 6.30. The maximum atomic E-state index is 12.5. The van der Waals surface area contributed by atoms with Gasteiger partial charge in [0, 0.05) is 23.7 Å². The Morgan fingerprint density at radius 1 is 1.24 bits per heavy atom. The summed E-state index contributed by atoms with van der Waals surface area (Å²) in [5.41, 5.74) is 0.737. The summed E-state index contributed by atoms with van der Waals surface area (Å²) >= 11 is 5.77. The van der Waals surface area contributed by atoms with E-state index in [4.69, 9.17) is 16.3 Å². The Kier molecular flexibility index (Phi) is 6.36. The number of carbonyl (C=O) groups is 1. The van der Waals surface area contributed by atoms with Crippen molar-refractivity contribution in [3.05, 3.63) is 69.2 Å². The Labute approximate surface area is 151 Å². The number of rotatable bonds is 7. The number of nitro groups is 1. The van der Waals surface area contributed by atoms with Crippen LogP contribution in [0, 0.1) is 10.1 Å². The van der Waals surface area contributed by atoms with Gasteiger partial charge in [0.05, 0.1) is 4.92 Å². The van der Waals surface area contributed by atoms with Gasteiger partial charge < -0.3 is 9.64 Å². The first-order valence-electron chi connectivity index (χ1n) is 7.78. The van der Waals surface area contributed by atoms with E-state index in [-0.39, 0.29) is 35.0 Å². The van der Waals surface area contributed by atoms with Crippen LogP contribution in [0.25, 0.3) is 0 Å². The molecule has 0 saturated carbocycles. The van der Waals surface area contributed by atoms with Crippen LogP contribution in [-0.4, -0.2) is 28.4 Å². The van der Waals surface area contributed by atoms with Gasteiger partial charge in [0.2, 0.25) is 0 Å². The van der Waals surface area contributed by atoms with E-state index in [1.54, 1.807) is 4.90 Å². The molecule has 0 atom stereocenters. The molecule has 0 aromatic heterocycles. The van der Waals surface area contributed by atoms with E-state index in [0.717, 1.165) is 5.56 Å². The number of halogens is 1. The molecule has 0 saturated heterocycles. The number of hydrogen-bond acceptors (Lipinski definition) is 4. The number of nitrogens with zero attached hydrogens (tertiary/aromatic N) is 2. The second-order valence-corrected chi connectivity index (χ2v) is 6.20. The van der Waals surface area contributed by atoms with Crippen molar-refractivity contribution in [2.24, 2.45) is 0 Å². The second kappa shape index (κ2) is 8.48. The van der Waals surface area contributed by atoms with E-state index < -0.39 is 4.92 Å². The van der Waals surface area contributed by atoms with E-state index in [9.17, 15) is 14.9 Å². The van der Waals surface area contributed by atoms with Crippen LogP contribution in [0.3, 0.4) is 0 Å². The van der Waals surface area contributed by atoms with Crippen LogP contribution in [0.15, 0.2) is 48.5 Å². The molecule has 0 fully saturated rings. The fourth-order valence-corrected chi connectivity index (χ4v) is 2.48. The van der Waals surface area contributed by atoms with Crippen LogP contribution in [0.1, 0.15) is 19.4 Å².